The quantitative estimate of drug-likeness (QED) is 0.493. The number of alkyl halides is 3. The minimum absolute atomic E-state index is 0.0613. The molecule has 1 saturated heterocycles. The topological polar surface area (TPSA) is 75.5 Å². The van der Waals surface area contributed by atoms with Gasteiger partial charge in [0, 0.05) is 19.2 Å². The van der Waals surface area contributed by atoms with Crippen molar-refractivity contribution in [3.05, 3.63) is 39.9 Å². The number of carbonyl (C=O) groups excluding carboxylic acids is 1. The van der Waals surface area contributed by atoms with Crippen molar-refractivity contribution in [3.63, 3.8) is 0 Å². The summed E-state index contributed by atoms with van der Waals surface area (Å²) in [5.74, 6) is -0.640. The smallest absolute Gasteiger partial charge is 0.282 e. The van der Waals surface area contributed by atoms with Gasteiger partial charge < -0.3 is 5.32 Å². The molecule has 126 valence electrons. The van der Waals surface area contributed by atoms with Crippen LogP contribution >= 0.6 is 34.8 Å². The van der Waals surface area contributed by atoms with Crippen LogP contribution in [0.4, 0.5) is 5.69 Å². The normalized spacial score (nSPS) is 17.5. The molecular weight excluding hydrogens is 365 g/mol. The predicted octanol–water partition coefficient (Wildman–Crippen LogP) is 3.51. The zero-order chi connectivity index (χ0) is 17.0. The summed E-state index contributed by atoms with van der Waals surface area (Å²) >= 11 is 18.0. The van der Waals surface area contributed by atoms with Crippen LogP contribution in [0.25, 0.3) is 0 Å². The van der Waals surface area contributed by atoms with Crippen LogP contribution in [0.3, 0.4) is 0 Å². The van der Waals surface area contributed by atoms with Crippen molar-refractivity contribution in [3.8, 4) is 0 Å². The average Bonchev–Trinajstić information content (AvgIpc) is 2.52. The highest BCUT2D eigenvalue weighted by molar-refractivity contribution is 6.68. The van der Waals surface area contributed by atoms with Crippen LogP contribution in [-0.4, -0.2) is 38.8 Å². The number of hydrogen-bond donors (Lipinski definition) is 1. The highest BCUT2D eigenvalue weighted by atomic mass is 35.6. The van der Waals surface area contributed by atoms with Crippen LogP contribution in [0.15, 0.2) is 24.3 Å². The lowest BCUT2D eigenvalue weighted by Crippen LogP contribution is -2.56. The second kappa shape index (κ2) is 7.66. The average molecular weight is 381 g/mol. The molecule has 1 aliphatic heterocycles. The van der Waals surface area contributed by atoms with Crippen LogP contribution in [0.5, 0.6) is 0 Å². The highest BCUT2D eigenvalue weighted by Gasteiger charge is 2.39. The van der Waals surface area contributed by atoms with Gasteiger partial charge in [-0.05, 0) is 18.9 Å². The first-order chi connectivity index (χ1) is 10.8. The first-order valence-corrected chi connectivity index (χ1v) is 8.29. The number of nitro benzene ring substituents is 1. The minimum Gasteiger partial charge on any atom is -0.332 e. The fourth-order valence-electron chi connectivity index (χ4n) is 2.58. The minimum atomic E-state index is -1.74. The Labute approximate surface area is 148 Å². The van der Waals surface area contributed by atoms with E-state index in [0.29, 0.717) is 13.1 Å². The molecular formula is C14H16Cl3N3O3. The molecule has 1 aliphatic rings. The van der Waals surface area contributed by atoms with Gasteiger partial charge in [-0.1, -0.05) is 53.4 Å². The van der Waals surface area contributed by atoms with E-state index in [2.05, 4.69) is 5.32 Å². The maximum Gasteiger partial charge on any atom is 0.282 e. The van der Waals surface area contributed by atoms with E-state index in [-0.39, 0.29) is 11.3 Å². The second-order valence-corrected chi connectivity index (χ2v) is 7.66. The summed E-state index contributed by atoms with van der Waals surface area (Å²) in [7, 11) is 0. The molecule has 0 aromatic heterocycles. The third-order valence-corrected chi connectivity index (χ3v) is 4.30. The zero-order valence-corrected chi connectivity index (χ0v) is 14.4. The summed E-state index contributed by atoms with van der Waals surface area (Å²) in [6.45, 7) is 1.38. The summed E-state index contributed by atoms with van der Waals surface area (Å²) in [6, 6.07) is 5.68. The molecule has 1 amide bonds. The van der Waals surface area contributed by atoms with Gasteiger partial charge >= 0.3 is 0 Å². The molecule has 0 radical (unpaired) electrons. The first-order valence-electron chi connectivity index (χ1n) is 7.16. The largest absolute Gasteiger partial charge is 0.332 e. The summed E-state index contributed by atoms with van der Waals surface area (Å²) < 4.78 is -1.74. The van der Waals surface area contributed by atoms with Crippen molar-refractivity contribution < 1.29 is 9.72 Å². The van der Waals surface area contributed by atoms with Gasteiger partial charge in [0.1, 0.15) is 11.7 Å². The van der Waals surface area contributed by atoms with E-state index >= 15 is 0 Å². The molecule has 1 heterocycles. The van der Waals surface area contributed by atoms with Gasteiger partial charge in [0.25, 0.3) is 11.6 Å². The molecule has 0 aliphatic carbocycles. The molecule has 0 bridgehead atoms. The Hall–Kier alpha value is -1.08. The van der Waals surface area contributed by atoms with E-state index in [1.54, 1.807) is 6.07 Å². The van der Waals surface area contributed by atoms with Crippen LogP contribution in [0.1, 0.15) is 29.6 Å². The molecule has 23 heavy (non-hydrogen) atoms. The molecule has 1 unspecified atom stereocenters. The number of nitrogens with zero attached hydrogens (tertiary/aromatic N) is 2. The maximum absolute atomic E-state index is 12.5. The number of halogens is 3. The number of nitrogens with one attached hydrogen (secondary N) is 1. The number of nitro groups is 1. The van der Waals surface area contributed by atoms with Crippen molar-refractivity contribution in [1.29, 1.82) is 0 Å². The molecule has 0 saturated carbocycles. The van der Waals surface area contributed by atoms with Gasteiger partial charge in [0.15, 0.2) is 0 Å². The molecule has 2 rings (SSSR count). The fraction of sp³-hybridized carbons (Fsp3) is 0.500. The lowest BCUT2D eigenvalue weighted by atomic mass is 10.1. The Bertz CT molecular complexity index is 586. The van der Waals surface area contributed by atoms with Gasteiger partial charge in [-0.2, -0.15) is 0 Å². The van der Waals surface area contributed by atoms with Crippen molar-refractivity contribution >= 4 is 46.4 Å². The highest BCUT2D eigenvalue weighted by Crippen LogP contribution is 2.34. The molecule has 6 nitrogen and oxygen atoms in total. The lowest BCUT2D eigenvalue weighted by molar-refractivity contribution is -0.385. The summed E-state index contributed by atoms with van der Waals surface area (Å²) in [5.41, 5.74) is -0.347. The molecule has 1 fully saturated rings. The summed E-state index contributed by atoms with van der Waals surface area (Å²) in [4.78, 5) is 24.8. The molecule has 0 spiro atoms. The molecule has 1 atom stereocenters. The Morgan fingerprint density at radius 2 is 1.83 bits per heavy atom. The van der Waals surface area contributed by atoms with Crippen LogP contribution in [0, 0.1) is 10.1 Å². The Kier molecular flexibility index (Phi) is 6.08. The van der Waals surface area contributed by atoms with Crippen LogP contribution in [0.2, 0.25) is 0 Å². The molecule has 1 aromatic rings. The zero-order valence-electron chi connectivity index (χ0n) is 12.2. The lowest BCUT2D eigenvalue weighted by Gasteiger charge is -2.38. The number of piperidine rings is 1. The predicted molar refractivity (Wildman–Crippen MR) is 90.1 cm³/mol. The monoisotopic (exact) mass is 379 g/mol. The Balaban J connectivity index is 2.22. The van der Waals surface area contributed by atoms with E-state index in [0.717, 1.165) is 19.3 Å². The number of amides is 1. The van der Waals surface area contributed by atoms with Crippen molar-refractivity contribution in [2.75, 3.05) is 13.1 Å². The summed E-state index contributed by atoms with van der Waals surface area (Å²) in [5, 5.41) is 13.7. The Morgan fingerprint density at radius 3 is 2.39 bits per heavy atom. The van der Waals surface area contributed by atoms with E-state index < -0.39 is 20.8 Å². The molecule has 9 heteroatoms. The Morgan fingerprint density at radius 1 is 1.22 bits per heavy atom. The number of rotatable bonds is 4. The van der Waals surface area contributed by atoms with Crippen molar-refractivity contribution in [2.24, 2.45) is 0 Å². The van der Waals surface area contributed by atoms with E-state index in [4.69, 9.17) is 34.8 Å². The summed E-state index contributed by atoms with van der Waals surface area (Å²) in [6.07, 6.45) is 2.12. The first kappa shape index (κ1) is 18.3. The number of carbonyl (C=O) groups is 1. The molecule has 1 aromatic carbocycles. The van der Waals surface area contributed by atoms with Crippen molar-refractivity contribution in [2.45, 2.75) is 29.2 Å². The standard InChI is InChI=1S/C14H16Cl3N3O3/c15-14(16,17)13(19-8-4-1-5-9-19)18-12(21)10-6-2-3-7-11(10)20(22)23/h2-3,6-7,13H,1,4-5,8-9H2,(H,18,21). The third-order valence-electron chi connectivity index (χ3n) is 3.68. The van der Waals surface area contributed by atoms with Gasteiger partial charge in [-0.3, -0.25) is 19.8 Å². The number of hydrogen-bond acceptors (Lipinski definition) is 4. The maximum atomic E-state index is 12.5. The SMILES string of the molecule is O=C(NC(N1CCCCC1)C(Cl)(Cl)Cl)c1ccccc1[N+](=O)[O-]. The van der Waals surface area contributed by atoms with Crippen molar-refractivity contribution in [1.82, 2.24) is 10.2 Å². The molecule has 1 N–H and O–H groups in total. The van der Waals surface area contributed by atoms with E-state index in [1.807, 2.05) is 4.90 Å². The second-order valence-electron chi connectivity index (χ2n) is 5.29. The van der Waals surface area contributed by atoms with Gasteiger partial charge in [0.05, 0.1) is 4.92 Å². The third kappa shape index (κ3) is 4.70. The van der Waals surface area contributed by atoms with Crippen LogP contribution in [-0.2, 0) is 0 Å². The fourth-order valence-corrected chi connectivity index (χ4v) is 3.16. The van der Waals surface area contributed by atoms with Gasteiger partial charge in [-0.25, -0.2) is 0 Å². The van der Waals surface area contributed by atoms with Crippen LogP contribution < -0.4 is 5.32 Å². The van der Waals surface area contributed by atoms with Gasteiger partial charge in [0.2, 0.25) is 3.79 Å². The van der Waals surface area contributed by atoms with E-state index in [1.165, 1.54) is 18.2 Å². The number of benzene rings is 1. The van der Waals surface area contributed by atoms with E-state index in [9.17, 15) is 14.9 Å². The number of para-hydroxylation sites is 1. The number of likely N-dealkylation sites (tertiary alicyclic amines) is 1. The van der Waals surface area contributed by atoms with Gasteiger partial charge in [-0.15, -0.1) is 0 Å².